The van der Waals surface area contributed by atoms with Gasteiger partial charge in [-0.1, -0.05) is 44.2 Å². The zero-order valence-corrected chi connectivity index (χ0v) is 18.2. The zero-order chi connectivity index (χ0) is 21.3. The number of thiazole rings is 1. The number of hydrogen-bond acceptors (Lipinski definition) is 6. The van der Waals surface area contributed by atoms with Crippen molar-refractivity contribution in [2.75, 3.05) is 18.6 Å². The molecule has 0 fully saturated rings. The highest BCUT2D eigenvalue weighted by Gasteiger charge is 2.38. The maximum Gasteiger partial charge on any atom is 0.306 e. The summed E-state index contributed by atoms with van der Waals surface area (Å²) in [5.74, 6) is -0.602. The molecule has 6 heteroatoms. The Morgan fingerprint density at radius 2 is 1.87 bits per heavy atom. The summed E-state index contributed by atoms with van der Waals surface area (Å²) >= 11 is 1.58. The number of rotatable bonds is 6. The summed E-state index contributed by atoms with van der Waals surface area (Å²) in [6.07, 6.45) is 2.32. The van der Waals surface area contributed by atoms with E-state index in [0.29, 0.717) is 6.42 Å². The van der Waals surface area contributed by atoms with Crippen molar-refractivity contribution in [3.63, 3.8) is 0 Å². The second-order valence-electron chi connectivity index (χ2n) is 7.93. The number of para-hydroxylation sites is 2. The van der Waals surface area contributed by atoms with Gasteiger partial charge in [-0.25, -0.2) is 4.98 Å². The number of likely N-dealkylation sites (N-methyl/N-ethyl adjacent to an activating group) is 1. The van der Waals surface area contributed by atoms with Crippen molar-refractivity contribution >= 4 is 39.0 Å². The third-order valence-electron chi connectivity index (χ3n) is 5.49. The molecule has 3 aromatic rings. The van der Waals surface area contributed by atoms with Gasteiger partial charge in [0.05, 0.1) is 21.6 Å². The van der Waals surface area contributed by atoms with Crippen LogP contribution >= 0.6 is 11.3 Å². The van der Waals surface area contributed by atoms with Crippen LogP contribution < -0.4 is 4.90 Å². The predicted molar refractivity (Wildman–Crippen MR) is 120 cm³/mol. The first kappa shape index (κ1) is 20.3. The molecule has 30 heavy (non-hydrogen) atoms. The first-order valence-corrected chi connectivity index (χ1v) is 10.8. The number of ketones is 1. The largest absolute Gasteiger partial charge is 0.457 e. The molecule has 0 bridgehead atoms. The molecule has 0 atom stereocenters. The Kier molecular flexibility index (Phi) is 5.43. The highest BCUT2D eigenvalue weighted by molar-refractivity contribution is 7.18. The van der Waals surface area contributed by atoms with Gasteiger partial charge in [0.25, 0.3) is 0 Å². The van der Waals surface area contributed by atoms with E-state index in [1.165, 1.54) is 5.56 Å². The van der Waals surface area contributed by atoms with Gasteiger partial charge in [-0.2, -0.15) is 0 Å². The number of benzene rings is 2. The van der Waals surface area contributed by atoms with Crippen LogP contribution in [0, 0.1) is 0 Å². The van der Waals surface area contributed by atoms with Crippen LogP contribution in [-0.2, 0) is 26.2 Å². The molecule has 4 rings (SSSR count). The fourth-order valence-corrected chi connectivity index (χ4v) is 4.88. The van der Waals surface area contributed by atoms with Crippen LogP contribution in [0.25, 0.3) is 10.2 Å². The summed E-state index contributed by atoms with van der Waals surface area (Å²) in [7, 11) is 1.96. The van der Waals surface area contributed by atoms with Crippen molar-refractivity contribution in [3.05, 3.63) is 70.9 Å². The molecule has 0 amide bonds. The Hall–Kier alpha value is -2.99. The van der Waals surface area contributed by atoms with Gasteiger partial charge in [-0.3, -0.25) is 9.59 Å². The summed E-state index contributed by atoms with van der Waals surface area (Å²) in [5.41, 5.74) is 3.84. The van der Waals surface area contributed by atoms with E-state index in [0.717, 1.165) is 26.6 Å². The van der Waals surface area contributed by atoms with Gasteiger partial charge in [0.1, 0.15) is 0 Å². The molecule has 2 aromatic carbocycles. The average molecular weight is 421 g/mol. The quantitative estimate of drug-likeness (QED) is 0.429. The molecule has 0 aliphatic carbocycles. The standard InChI is InChI=1S/C24H24N2O3S/c1-24(2)17-8-4-6-10-19(17)26(3)21(24)14-16(27)15-29-23(28)13-12-22-25-18-9-5-7-11-20(18)30-22/h4-11,14H,12-13,15H2,1-3H3. The fraction of sp³-hybridized carbons (Fsp3) is 0.292. The molecule has 1 aromatic heterocycles. The lowest BCUT2D eigenvalue weighted by atomic mass is 9.83. The average Bonchev–Trinajstić information content (AvgIpc) is 3.24. The minimum atomic E-state index is -0.386. The molecule has 0 spiro atoms. The van der Waals surface area contributed by atoms with Gasteiger partial charge < -0.3 is 9.64 Å². The Balaban J connectivity index is 1.34. The number of anilines is 1. The molecule has 1 aliphatic heterocycles. The monoisotopic (exact) mass is 420 g/mol. The lowest BCUT2D eigenvalue weighted by molar-refractivity contribution is -0.146. The molecule has 154 valence electrons. The fourth-order valence-electron chi connectivity index (χ4n) is 3.91. The number of allylic oxidation sites excluding steroid dienone is 1. The Morgan fingerprint density at radius 1 is 1.13 bits per heavy atom. The minimum Gasteiger partial charge on any atom is -0.457 e. The van der Waals surface area contributed by atoms with Crippen LogP contribution in [0.1, 0.15) is 30.8 Å². The molecular weight excluding hydrogens is 396 g/mol. The van der Waals surface area contributed by atoms with Crippen LogP contribution in [-0.4, -0.2) is 30.4 Å². The Morgan fingerprint density at radius 3 is 2.63 bits per heavy atom. The molecule has 0 unspecified atom stereocenters. The number of carbonyl (C=O) groups is 2. The van der Waals surface area contributed by atoms with E-state index in [-0.39, 0.29) is 30.2 Å². The molecular formula is C24H24N2O3S. The van der Waals surface area contributed by atoms with Crippen molar-refractivity contribution in [1.29, 1.82) is 0 Å². The molecule has 0 N–H and O–H groups in total. The van der Waals surface area contributed by atoms with Crippen molar-refractivity contribution in [1.82, 2.24) is 4.98 Å². The number of aromatic nitrogens is 1. The summed E-state index contributed by atoms with van der Waals surface area (Å²) in [5, 5.41) is 0.897. The van der Waals surface area contributed by atoms with E-state index in [1.54, 1.807) is 17.4 Å². The lowest BCUT2D eigenvalue weighted by Gasteiger charge is -2.23. The first-order valence-electron chi connectivity index (χ1n) is 9.94. The van der Waals surface area contributed by atoms with Crippen LogP contribution in [0.15, 0.2) is 60.3 Å². The van der Waals surface area contributed by atoms with Crippen LogP contribution in [0.4, 0.5) is 5.69 Å². The van der Waals surface area contributed by atoms with E-state index in [9.17, 15) is 9.59 Å². The SMILES string of the molecule is CN1C(=CC(=O)COC(=O)CCc2nc3ccccc3s2)C(C)(C)c2ccccc21. The van der Waals surface area contributed by atoms with Gasteiger partial charge in [0.15, 0.2) is 12.4 Å². The number of ether oxygens (including phenoxy) is 1. The van der Waals surface area contributed by atoms with Crippen molar-refractivity contribution in [3.8, 4) is 0 Å². The topological polar surface area (TPSA) is 59.5 Å². The number of carbonyl (C=O) groups excluding carboxylic acids is 2. The molecule has 0 saturated heterocycles. The smallest absolute Gasteiger partial charge is 0.306 e. The second kappa shape index (κ2) is 8.03. The van der Waals surface area contributed by atoms with Gasteiger partial charge >= 0.3 is 5.97 Å². The number of esters is 1. The summed E-state index contributed by atoms with van der Waals surface area (Å²) < 4.78 is 6.32. The third kappa shape index (κ3) is 3.87. The summed E-state index contributed by atoms with van der Waals surface area (Å²) in [6.45, 7) is 3.94. The van der Waals surface area contributed by atoms with Gasteiger partial charge in [0, 0.05) is 36.3 Å². The second-order valence-corrected chi connectivity index (χ2v) is 9.05. The van der Waals surface area contributed by atoms with E-state index in [4.69, 9.17) is 4.74 Å². The first-order chi connectivity index (χ1) is 14.4. The van der Waals surface area contributed by atoms with Gasteiger partial charge in [-0.15, -0.1) is 11.3 Å². The normalized spacial score (nSPS) is 16.1. The Labute approximate surface area is 180 Å². The van der Waals surface area contributed by atoms with E-state index in [2.05, 4.69) is 24.9 Å². The predicted octanol–water partition coefficient (Wildman–Crippen LogP) is 4.65. The van der Waals surface area contributed by atoms with Crippen LogP contribution in [0.3, 0.4) is 0 Å². The van der Waals surface area contributed by atoms with E-state index >= 15 is 0 Å². The molecule has 1 aliphatic rings. The minimum absolute atomic E-state index is 0.209. The highest BCUT2D eigenvalue weighted by atomic mass is 32.1. The number of fused-ring (bicyclic) bond motifs is 2. The zero-order valence-electron chi connectivity index (χ0n) is 17.3. The van der Waals surface area contributed by atoms with Gasteiger partial charge in [0.2, 0.25) is 0 Å². The maximum atomic E-state index is 12.5. The number of nitrogens with zero attached hydrogens (tertiary/aromatic N) is 2. The highest BCUT2D eigenvalue weighted by Crippen LogP contribution is 2.46. The maximum absolute atomic E-state index is 12.5. The van der Waals surface area contributed by atoms with Crippen LogP contribution in [0.2, 0.25) is 0 Å². The molecule has 0 saturated carbocycles. The molecule has 5 nitrogen and oxygen atoms in total. The van der Waals surface area contributed by atoms with Crippen molar-refractivity contribution in [2.24, 2.45) is 0 Å². The van der Waals surface area contributed by atoms with E-state index < -0.39 is 0 Å². The molecule has 0 radical (unpaired) electrons. The van der Waals surface area contributed by atoms with Gasteiger partial charge in [-0.05, 0) is 23.8 Å². The number of aryl methyl sites for hydroxylation is 1. The molecule has 2 heterocycles. The number of hydrogen-bond donors (Lipinski definition) is 0. The summed E-state index contributed by atoms with van der Waals surface area (Å²) in [6, 6.07) is 16.0. The summed E-state index contributed by atoms with van der Waals surface area (Å²) in [4.78, 5) is 31.2. The Bertz CT molecular complexity index is 1110. The third-order valence-corrected chi connectivity index (χ3v) is 6.59. The van der Waals surface area contributed by atoms with Crippen molar-refractivity contribution in [2.45, 2.75) is 32.1 Å². The van der Waals surface area contributed by atoms with Crippen LogP contribution in [0.5, 0.6) is 0 Å². The lowest BCUT2D eigenvalue weighted by Crippen LogP contribution is -2.25. The van der Waals surface area contributed by atoms with Crippen molar-refractivity contribution < 1.29 is 14.3 Å². The van der Waals surface area contributed by atoms with E-state index in [1.807, 2.05) is 54.4 Å².